The molecule has 9 heteroatoms. The highest BCUT2D eigenvalue weighted by Crippen LogP contribution is 2.35. The maximum Gasteiger partial charge on any atom is 0.251 e. The second-order valence-electron chi connectivity index (χ2n) is 9.51. The number of fused-ring (bicyclic) bond motifs is 1. The van der Waals surface area contributed by atoms with Crippen molar-refractivity contribution in [2.24, 2.45) is 0 Å². The Bertz CT molecular complexity index is 1500. The van der Waals surface area contributed by atoms with Gasteiger partial charge in [-0.2, -0.15) is 0 Å². The van der Waals surface area contributed by atoms with Crippen molar-refractivity contribution in [2.45, 2.75) is 44.7 Å². The molecule has 1 aliphatic carbocycles. The highest BCUT2D eigenvalue weighted by atomic mass is 35.5. The molecule has 2 aromatic carbocycles. The van der Waals surface area contributed by atoms with Crippen LogP contribution < -0.4 is 16.0 Å². The standard InChI is InChI=1S/C29H29ClN6O2/c1-3-25(37)33-19-13-11-18(12-14-19)28(38)34-20-7-6-8-21(15-20)35-29-31-16-23(30)27(36-29)26-17(2)32-24-10-5-4-9-22(24)26/h3-5,9-14,16,20-21,32H,1,6-8,15H2,2H3,(H,33,37)(H,34,38)(H,31,35,36). The highest BCUT2D eigenvalue weighted by molar-refractivity contribution is 6.33. The Balaban J connectivity index is 1.25. The van der Waals surface area contributed by atoms with E-state index in [0.29, 0.717) is 27.9 Å². The highest BCUT2D eigenvalue weighted by Gasteiger charge is 2.25. The van der Waals surface area contributed by atoms with Gasteiger partial charge in [-0.05, 0) is 69.0 Å². The number of hydrogen-bond donors (Lipinski definition) is 4. The number of aromatic nitrogens is 3. The number of anilines is 2. The Morgan fingerprint density at radius 2 is 1.87 bits per heavy atom. The lowest BCUT2D eigenvalue weighted by Gasteiger charge is -2.30. The van der Waals surface area contributed by atoms with Gasteiger partial charge in [0, 0.05) is 45.5 Å². The van der Waals surface area contributed by atoms with Crippen molar-refractivity contribution in [3.63, 3.8) is 0 Å². The van der Waals surface area contributed by atoms with E-state index < -0.39 is 0 Å². The molecule has 2 heterocycles. The zero-order valence-electron chi connectivity index (χ0n) is 21.1. The van der Waals surface area contributed by atoms with Gasteiger partial charge < -0.3 is 20.9 Å². The second-order valence-corrected chi connectivity index (χ2v) is 9.92. The average molecular weight is 529 g/mol. The molecule has 1 aliphatic rings. The molecule has 2 amide bonds. The number of amides is 2. The monoisotopic (exact) mass is 528 g/mol. The number of aryl methyl sites for hydroxylation is 1. The summed E-state index contributed by atoms with van der Waals surface area (Å²) in [5.74, 6) is 0.0802. The number of carbonyl (C=O) groups is 2. The number of rotatable bonds is 7. The van der Waals surface area contributed by atoms with E-state index in [1.54, 1.807) is 30.5 Å². The maximum atomic E-state index is 12.8. The largest absolute Gasteiger partial charge is 0.358 e. The number of benzene rings is 2. The molecular formula is C29H29ClN6O2. The topological polar surface area (TPSA) is 112 Å². The van der Waals surface area contributed by atoms with Crippen LogP contribution in [0.5, 0.6) is 0 Å². The minimum atomic E-state index is -0.295. The summed E-state index contributed by atoms with van der Waals surface area (Å²) in [6.45, 7) is 5.45. The van der Waals surface area contributed by atoms with Gasteiger partial charge in [0.25, 0.3) is 5.91 Å². The van der Waals surface area contributed by atoms with Gasteiger partial charge in [-0.15, -0.1) is 0 Å². The van der Waals surface area contributed by atoms with Gasteiger partial charge in [0.2, 0.25) is 11.9 Å². The summed E-state index contributed by atoms with van der Waals surface area (Å²) < 4.78 is 0. The lowest BCUT2D eigenvalue weighted by Crippen LogP contribution is -2.42. The molecule has 38 heavy (non-hydrogen) atoms. The lowest BCUT2D eigenvalue weighted by molar-refractivity contribution is -0.111. The fourth-order valence-corrected chi connectivity index (χ4v) is 5.18. The van der Waals surface area contributed by atoms with Crippen molar-refractivity contribution in [1.82, 2.24) is 20.3 Å². The smallest absolute Gasteiger partial charge is 0.251 e. The van der Waals surface area contributed by atoms with Gasteiger partial charge in [-0.1, -0.05) is 36.4 Å². The Labute approximate surface area is 225 Å². The molecule has 4 aromatic rings. The normalized spacial score (nSPS) is 17.1. The molecule has 5 rings (SSSR count). The number of hydrogen-bond acceptors (Lipinski definition) is 5. The summed E-state index contributed by atoms with van der Waals surface area (Å²) >= 11 is 6.54. The van der Waals surface area contributed by atoms with Crippen LogP contribution in [-0.2, 0) is 4.79 Å². The van der Waals surface area contributed by atoms with Crippen LogP contribution in [0.1, 0.15) is 41.7 Å². The van der Waals surface area contributed by atoms with Gasteiger partial charge >= 0.3 is 0 Å². The molecule has 2 unspecified atom stereocenters. The van der Waals surface area contributed by atoms with Crippen molar-refractivity contribution >= 4 is 46.0 Å². The van der Waals surface area contributed by atoms with Crippen LogP contribution in [-0.4, -0.2) is 38.8 Å². The molecule has 8 nitrogen and oxygen atoms in total. The van der Waals surface area contributed by atoms with Crippen LogP contribution in [0, 0.1) is 6.92 Å². The summed E-state index contributed by atoms with van der Waals surface area (Å²) in [4.78, 5) is 36.9. The first-order valence-corrected chi connectivity index (χ1v) is 13.0. The van der Waals surface area contributed by atoms with Gasteiger partial charge in [-0.25, -0.2) is 9.97 Å². The Morgan fingerprint density at radius 3 is 2.66 bits per heavy atom. The quantitative estimate of drug-likeness (QED) is 0.224. The van der Waals surface area contributed by atoms with Crippen LogP contribution in [0.2, 0.25) is 5.02 Å². The molecule has 0 saturated heterocycles. The Kier molecular flexibility index (Phi) is 7.42. The van der Waals surface area contributed by atoms with Crippen LogP contribution in [0.15, 0.2) is 67.4 Å². The molecule has 0 aliphatic heterocycles. The van der Waals surface area contributed by atoms with Crippen molar-refractivity contribution in [2.75, 3.05) is 10.6 Å². The number of para-hydroxylation sites is 1. The third-order valence-electron chi connectivity index (χ3n) is 6.82. The molecule has 1 saturated carbocycles. The van der Waals surface area contributed by atoms with Crippen LogP contribution in [0.25, 0.3) is 22.2 Å². The number of carbonyl (C=O) groups excluding carboxylic acids is 2. The molecule has 0 spiro atoms. The number of aromatic amines is 1. The predicted molar refractivity (Wildman–Crippen MR) is 151 cm³/mol. The van der Waals surface area contributed by atoms with Gasteiger partial charge in [0.15, 0.2) is 0 Å². The molecule has 2 aromatic heterocycles. The first-order valence-electron chi connectivity index (χ1n) is 12.6. The number of H-pyrrole nitrogens is 1. The summed E-state index contributed by atoms with van der Waals surface area (Å²) in [6.07, 6.45) is 6.42. The average Bonchev–Trinajstić information content (AvgIpc) is 3.25. The molecular weight excluding hydrogens is 500 g/mol. The van der Waals surface area contributed by atoms with Crippen LogP contribution in [0.4, 0.5) is 11.6 Å². The van der Waals surface area contributed by atoms with E-state index in [4.69, 9.17) is 16.6 Å². The summed E-state index contributed by atoms with van der Waals surface area (Å²) in [5.41, 5.74) is 4.84. The zero-order valence-corrected chi connectivity index (χ0v) is 21.8. The minimum absolute atomic E-state index is 0.0246. The Morgan fingerprint density at radius 1 is 1.11 bits per heavy atom. The second kappa shape index (κ2) is 11.1. The Hall–Kier alpha value is -4.17. The molecule has 0 radical (unpaired) electrons. The van der Waals surface area contributed by atoms with Gasteiger partial charge in [0.1, 0.15) is 0 Å². The van der Waals surface area contributed by atoms with E-state index >= 15 is 0 Å². The fourth-order valence-electron chi connectivity index (χ4n) is 5.00. The zero-order chi connectivity index (χ0) is 26.6. The summed E-state index contributed by atoms with van der Waals surface area (Å²) in [7, 11) is 0. The third kappa shape index (κ3) is 5.55. The first-order chi connectivity index (χ1) is 18.4. The van der Waals surface area contributed by atoms with Crippen molar-refractivity contribution in [3.05, 3.63) is 83.7 Å². The van der Waals surface area contributed by atoms with E-state index in [-0.39, 0.29) is 23.9 Å². The van der Waals surface area contributed by atoms with Crippen molar-refractivity contribution in [3.8, 4) is 11.3 Å². The lowest BCUT2D eigenvalue weighted by atomic mass is 9.91. The molecule has 2 atom stereocenters. The molecule has 194 valence electrons. The SMILES string of the molecule is C=CC(=O)Nc1ccc(C(=O)NC2CCCC(Nc3ncc(Cl)c(-c4c(C)[nH]c5ccccc45)n3)C2)cc1. The number of nitrogens with zero attached hydrogens (tertiary/aromatic N) is 2. The summed E-state index contributed by atoms with van der Waals surface area (Å²) in [5, 5.41) is 10.8. The molecule has 0 bridgehead atoms. The number of nitrogens with one attached hydrogen (secondary N) is 4. The molecule has 1 fully saturated rings. The van der Waals surface area contributed by atoms with Crippen LogP contribution >= 0.6 is 11.6 Å². The van der Waals surface area contributed by atoms with Crippen molar-refractivity contribution < 1.29 is 9.59 Å². The number of halogens is 1. The summed E-state index contributed by atoms with van der Waals surface area (Å²) in [6, 6.07) is 15.0. The third-order valence-corrected chi connectivity index (χ3v) is 7.09. The minimum Gasteiger partial charge on any atom is -0.358 e. The van der Waals surface area contributed by atoms with Crippen molar-refractivity contribution in [1.29, 1.82) is 0 Å². The van der Waals surface area contributed by atoms with E-state index in [0.717, 1.165) is 47.8 Å². The van der Waals surface area contributed by atoms with Gasteiger partial charge in [-0.3, -0.25) is 9.59 Å². The van der Waals surface area contributed by atoms with E-state index in [2.05, 4.69) is 38.6 Å². The van der Waals surface area contributed by atoms with Gasteiger partial charge in [0.05, 0.1) is 16.9 Å². The van der Waals surface area contributed by atoms with E-state index in [1.807, 2.05) is 25.1 Å². The van der Waals surface area contributed by atoms with Crippen LogP contribution in [0.3, 0.4) is 0 Å². The predicted octanol–water partition coefficient (Wildman–Crippen LogP) is 5.86. The first kappa shape index (κ1) is 25.5. The van der Waals surface area contributed by atoms with E-state index in [1.165, 1.54) is 6.08 Å². The fraction of sp³-hybridized carbons (Fsp3) is 0.241. The van der Waals surface area contributed by atoms with E-state index in [9.17, 15) is 9.59 Å². The molecule has 4 N–H and O–H groups in total. The maximum absolute atomic E-state index is 12.8.